The van der Waals surface area contributed by atoms with E-state index in [1.807, 2.05) is 54.6 Å². The summed E-state index contributed by atoms with van der Waals surface area (Å²) in [5.74, 6) is 5.35. The lowest BCUT2D eigenvalue weighted by Crippen LogP contribution is -2.52. The Morgan fingerprint density at radius 3 is 2.62 bits per heavy atom. The molecule has 1 aliphatic rings. The first-order valence-electron chi connectivity index (χ1n) is 8.80. The normalized spacial score (nSPS) is 17.8. The number of aliphatic hydroxyl groups is 1. The van der Waals surface area contributed by atoms with Gasteiger partial charge in [0.1, 0.15) is 0 Å². The number of nitrogens with zero attached hydrogens (tertiary/aromatic N) is 1. The summed E-state index contributed by atoms with van der Waals surface area (Å²) in [6.45, 7) is 2.18. The number of benzene rings is 2. The van der Waals surface area contributed by atoms with Crippen LogP contribution in [-0.2, 0) is 16.0 Å². The van der Waals surface area contributed by atoms with Gasteiger partial charge in [0.15, 0.2) is 0 Å². The predicted octanol–water partition coefficient (Wildman–Crippen LogP) is 2.78. The second kappa shape index (κ2) is 7.74. The maximum atomic E-state index is 13.3. The summed E-state index contributed by atoms with van der Waals surface area (Å²) in [7, 11) is 1.62. The zero-order valence-corrected chi connectivity index (χ0v) is 15.1. The van der Waals surface area contributed by atoms with Gasteiger partial charge in [-0.2, -0.15) is 0 Å². The van der Waals surface area contributed by atoms with Crippen LogP contribution in [0.25, 0.3) is 0 Å². The first-order chi connectivity index (χ1) is 12.6. The summed E-state index contributed by atoms with van der Waals surface area (Å²) < 4.78 is 5.30. The fraction of sp³-hybridized carbons (Fsp3) is 0.318. The standard InChI is InChI=1S/C22H23NO3/c1-3-22(25,14-13-17-9-5-4-6-10-17)21(24)23-19(16-26-2)15-18-11-7-8-12-20(18)23/h4-12,19,25H,3,15-16H2,1-2H3/t19-,22+/m0/s1. The predicted molar refractivity (Wildman–Crippen MR) is 102 cm³/mol. The molecule has 0 spiro atoms. The van der Waals surface area contributed by atoms with E-state index in [9.17, 15) is 9.90 Å². The van der Waals surface area contributed by atoms with E-state index in [-0.39, 0.29) is 12.5 Å². The summed E-state index contributed by atoms with van der Waals surface area (Å²) in [5, 5.41) is 11.0. The highest BCUT2D eigenvalue weighted by Crippen LogP contribution is 2.34. The van der Waals surface area contributed by atoms with Crippen molar-refractivity contribution < 1.29 is 14.6 Å². The van der Waals surface area contributed by atoms with Crippen LogP contribution in [0.5, 0.6) is 0 Å². The minimum atomic E-state index is -1.74. The van der Waals surface area contributed by atoms with Crippen molar-refractivity contribution in [2.24, 2.45) is 0 Å². The molecule has 0 radical (unpaired) electrons. The van der Waals surface area contributed by atoms with E-state index in [0.29, 0.717) is 13.0 Å². The van der Waals surface area contributed by atoms with Gasteiger partial charge in [0.2, 0.25) is 5.60 Å². The molecule has 0 bridgehead atoms. The Morgan fingerprint density at radius 1 is 1.23 bits per heavy atom. The van der Waals surface area contributed by atoms with Gasteiger partial charge in [-0.25, -0.2) is 0 Å². The van der Waals surface area contributed by atoms with Crippen LogP contribution in [-0.4, -0.2) is 36.4 Å². The molecule has 1 aliphatic heterocycles. The van der Waals surface area contributed by atoms with Crippen molar-refractivity contribution in [2.75, 3.05) is 18.6 Å². The van der Waals surface area contributed by atoms with Gasteiger partial charge in [-0.05, 0) is 36.6 Å². The van der Waals surface area contributed by atoms with E-state index >= 15 is 0 Å². The lowest BCUT2D eigenvalue weighted by Gasteiger charge is -2.31. The van der Waals surface area contributed by atoms with Crippen LogP contribution in [0.1, 0.15) is 24.5 Å². The topological polar surface area (TPSA) is 49.8 Å². The Bertz CT molecular complexity index is 837. The third kappa shape index (κ3) is 3.50. The molecule has 2 atom stereocenters. The van der Waals surface area contributed by atoms with Gasteiger partial charge in [0.05, 0.1) is 12.6 Å². The monoisotopic (exact) mass is 349 g/mol. The molecule has 1 heterocycles. The van der Waals surface area contributed by atoms with E-state index < -0.39 is 11.5 Å². The molecule has 0 saturated carbocycles. The molecule has 3 rings (SSSR count). The van der Waals surface area contributed by atoms with Gasteiger partial charge >= 0.3 is 0 Å². The number of hydrogen-bond donors (Lipinski definition) is 1. The summed E-state index contributed by atoms with van der Waals surface area (Å²) in [6, 6.07) is 17.0. The summed E-state index contributed by atoms with van der Waals surface area (Å²) in [6.07, 6.45) is 0.922. The van der Waals surface area contributed by atoms with Gasteiger partial charge in [-0.1, -0.05) is 55.2 Å². The Labute approximate surface area is 154 Å². The van der Waals surface area contributed by atoms with E-state index in [2.05, 4.69) is 11.8 Å². The number of methoxy groups -OCH3 is 1. The summed E-state index contributed by atoms with van der Waals surface area (Å²) in [4.78, 5) is 14.9. The number of hydrogen-bond acceptors (Lipinski definition) is 3. The number of carbonyl (C=O) groups excluding carboxylic acids is 1. The maximum absolute atomic E-state index is 13.3. The van der Waals surface area contributed by atoms with Crippen LogP contribution in [0.15, 0.2) is 54.6 Å². The fourth-order valence-corrected chi connectivity index (χ4v) is 3.25. The quantitative estimate of drug-likeness (QED) is 0.864. The maximum Gasteiger partial charge on any atom is 0.272 e. The van der Waals surface area contributed by atoms with Crippen molar-refractivity contribution in [3.63, 3.8) is 0 Å². The van der Waals surface area contributed by atoms with Crippen LogP contribution in [0.4, 0.5) is 5.69 Å². The lowest BCUT2D eigenvalue weighted by atomic mass is 9.98. The minimum absolute atomic E-state index is 0.137. The third-order valence-electron chi connectivity index (χ3n) is 4.70. The molecule has 0 saturated heterocycles. The largest absolute Gasteiger partial charge is 0.383 e. The lowest BCUT2D eigenvalue weighted by molar-refractivity contribution is -0.132. The number of ether oxygens (including phenoxy) is 1. The van der Waals surface area contributed by atoms with E-state index in [0.717, 1.165) is 16.8 Å². The first-order valence-corrected chi connectivity index (χ1v) is 8.80. The van der Waals surface area contributed by atoms with Crippen molar-refractivity contribution in [3.8, 4) is 11.8 Å². The van der Waals surface area contributed by atoms with Crippen molar-refractivity contribution in [1.29, 1.82) is 0 Å². The van der Waals surface area contributed by atoms with Gasteiger partial charge in [-0.3, -0.25) is 4.79 Å². The van der Waals surface area contributed by atoms with Crippen LogP contribution in [0, 0.1) is 11.8 Å². The minimum Gasteiger partial charge on any atom is -0.383 e. The van der Waals surface area contributed by atoms with Gasteiger partial charge in [0.25, 0.3) is 5.91 Å². The molecule has 1 N–H and O–H groups in total. The second-order valence-corrected chi connectivity index (χ2v) is 6.45. The van der Waals surface area contributed by atoms with Gasteiger partial charge in [0, 0.05) is 18.4 Å². The molecule has 134 valence electrons. The number of para-hydroxylation sites is 1. The Balaban J connectivity index is 1.95. The van der Waals surface area contributed by atoms with Gasteiger partial charge in [-0.15, -0.1) is 0 Å². The molecule has 2 aromatic carbocycles. The van der Waals surface area contributed by atoms with Crippen molar-refractivity contribution in [1.82, 2.24) is 0 Å². The number of carbonyl (C=O) groups is 1. The Hall–Kier alpha value is -2.61. The number of amides is 1. The van der Waals surface area contributed by atoms with E-state index in [1.54, 1.807) is 18.9 Å². The zero-order chi connectivity index (χ0) is 18.6. The summed E-state index contributed by atoms with van der Waals surface area (Å²) in [5.41, 5.74) is 0.937. The van der Waals surface area contributed by atoms with E-state index in [4.69, 9.17) is 4.74 Å². The van der Waals surface area contributed by atoms with Crippen LogP contribution >= 0.6 is 0 Å². The molecule has 26 heavy (non-hydrogen) atoms. The average molecular weight is 349 g/mol. The fourth-order valence-electron chi connectivity index (χ4n) is 3.25. The van der Waals surface area contributed by atoms with Crippen LogP contribution in [0.3, 0.4) is 0 Å². The highest BCUT2D eigenvalue weighted by molar-refractivity contribution is 6.03. The number of rotatable bonds is 4. The highest BCUT2D eigenvalue weighted by Gasteiger charge is 2.43. The highest BCUT2D eigenvalue weighted by atomic mass is 16.5. The molecule has 0 unspecified atom stereocenters. The molecule has 2 aromatic rings. The van der Waals surface area contributed by atoms with E-state index in [1.165, 1.54) is 0 Å². The molecule has 0 aromatic heterocycles. The molecule has 0 aliphatic carbocycles. The molecule has 1 amide bonds. The van der Waals surface area contributed by atoms with Crippen LogP contribution in [0.2, 0.25) is 0 Å². The van der Waals surface area contributed by atoms with Crippen molar-refractivity contribution >= 4 is 11.6 Å². The molecular formula is C22H23NO3. The Morgan fingerprint density at radius 2 is 1.92 bits per heavy atom. The SMILES string of the molecule is CC[C@@](O)(C#Cc1ccccc1)C(=O)N1c2ccccc2C[C@H]1COC. The van der Waals surface area contributed by atoms with Crippen LogP contribution < -0.4 is 4.90 Å². The number of anilines is 1. The molecule has 4 heteroatoms. The third-order valence-corrected chi connectivity index (χ3v) is 4.70. The summed E-state index contributed by atoms with van der Waals surface area (Å²) >= 11 is 0. The first kappa shape index (κ1) is 18.2. The zero-order valence-electron chi connectivity index (χ0n) is 15.1. The second-order valence-electron chi connectivity index (χ2n) is 6.45. The molecule has 0 fully saturated rings. The molecular weight excluding hydrogens is 326 g/mol. The molecule has 4 nitrogen and oxygen atoms in total. The van der Waals surface area contributed by atoms with Gasteiger partial charge < -0.3 is 14.7 Å². The number of fused-ring (bicyclic) bond motifs is 1. The smallest absolute Gasteiger partial charge is 0.272 e. The van der Waals surface area contributed by atoms with Crippen molar-refractivity contribution in [3.05, 3.63) is 65.7 Å². The Kier molecular flexibility index (Phi) is 5.41. The average Bonchev–Trinajstić information content (AvgIpc) is 3.04. The van der Waals surface area contributed by atoms with Crippen molar-refractivity contribution in [2.45, 2.75) is 31.4 Å².